The Morgan fingerprint density at radius 2 is 1.92 bits per heavy atom. The maximum atomic E-state index is 13.8. The summed E-state index contributed by atoms with van der Waals surface area (Å²) in [4.78, 5) is 32.0. The number of nitrogens with two attached hydrogens (primary N) is 1. The normalized spacial score (nSPS) is 16.1. The number of nitrogens with zero attached hydrogens (tertiary/aromatic N) is 6. The van der Waals surface area contributed by atoms with Crippen molar-refractivity contribution in [3.63, 3.8) is 0 Å². The second kappa shape index (κ2) is 9.93. The number of ether oxygens (including phenoxy) is 2. The lowest BCUT2D eigenvalue weighted by Gasteiger charge is -2.33. The van der Waals surface area contributed by atoms with Crippen molar-refractivity contribution in [3.05, 3.63) is 47.7 Å². The van der Waals surface area contributed by atoms with Gasteiger partial charge in [0, 0.05) is 32.4 Å². The average molecular weight is 503 g/mol. The Labute approximate surface area is 204 Å². The van der Waals surface area contributed by atoms with E-state index in [2.05, 4.69) is 19.9 Å². The lowest BCUT2D eigenvalue weighted by molar-refractivity contribution is -0.137. The van der Waals surface area contributed by atoms with Crippen LogP contribution in [0.3, 0.4) is 0 Å². The number of carbonyl (C=O) groups excluding carboxylic acids is 1. The van der Waals surface area contributed by atoms with Crippen LogP contribution in [0.1, 0.15) is 22.8 Å². The third-order valence-corrected chi connectivity index (χ3v) is 5.42. The second-order valence-electron chi connectivity index (χ2n) is 8.34. The first-order chi connectivity index (χ1) is 17.0. The molecule has 1 amide bonds. The molecule has 4 rings (SSSR count). The molecule has 10 nitrogen and oxygen atoms in total. The molecule has 1 aliphatic rings. The number of hydrogen-bond acceptors (Lipinski definition) is 9. The lowest BCUT2D eigenvalue weighted by atomic mass is 10.1. The molecule has 0 spiro atoms. The molecule has 13 heteroatoms. The van der Waals surface area contributed by atoms with Crippen LogP contribution < -0.4 is 15.4 Å². The van der Waals surface area contributed by atoms with Crippen molar-refractivity contribution in [3.8, 4) is 23.1 Å². The van der Waals surface area contributed by atoms with E-state index in [-0.39, 0.29) is 46.9 Å². The van der Waals surface area contributed by atoms with Gasteiger partial charge >= 0.3 is 12.2 Å². The van der Waals surface area contributed by atoms with E-state index in [0.717, 1.165) is 12.3 Å². The molecule has 1 saturated heterocycles. The second-order valence-corrected chi connectivity index (χ2v) is 8.34. The summed E-state index contributed by atoms with van der Waals surface area (Å²) in [5, 5.41) is 0. The van der Waals surface area contributed by atoms with E-state index in [1.807, 2.05) is 6.92 Å². The number of nitrogen functional groups attached to an aromatic ring is 1. The number of pyridine rings is 1. The predicted molar refractivity (Wildman–Crippen MR) is 125 cm³/mol. The van der Waals surface area contributed by atoms with Crippen LogP contribution in [0.4, 0.5) is 24.9 Å². The molecule has 3 heterocycles. The van der Waals surface area contributed by atoms with Gasteiger partial charge in [-0.25, -0.2) is 4.98 Å². The Kier molecular flexibility index (Phi) is 6.93. The van der Waals surface area contributed by atoms with Crippen molar-refractivity contribution < 1.29 is 27.4 Å². The van der Waals surface area contributed by atoms with Crippen LogP contribution in [-0.4, -0.2) is 70.6 Å². The van der Waals surface area contributed by atoms with Crippen molar-refractivity contribution in [2.75, 3.05) is 44.5 Å². The topological polar surface area (TPSA) is 120 Å². The number of amides is 1. The molecule has 2 aromatic heterocycles. The van der Waals surface area contributed by atoms with Gasteiger partial charge in [-0.2, -0.15) is 28.1 Å². The van der Waals surface area contributed by atoms with Crippen molar-refractivity contribution in [2.45, 2.75) is 19.1 Å². The maximum Gasteiger partial charge on any atom is 0.417 e. The summed E-state index contributed by atoms with van der Waals surface area (Å²) < 4.78 is 52.6. The molecule has 190 valence electrons. The maximum absolute atomic E-state index is 13.8. The SMILES string of the molecule is C[C@H]1COCCN1c1nc(Oc2ccc(C(=O)N(C)C)cc2)nc(-c2cnc(N)cc2C(F)(F)F)n1. The van der Waals surface area contributed by atoms with Crippen LogP contribution in [0.2, 0.25) is 0 Å². The van der Waals surface area contributed by atoms with Crippen LogP contribution in [-0.2, 0) is 10.9 Å². The van der Waals surface area contributed by atoms with Gasteiger partial charge in [-0.05, 0) is 37.3 Å². The first-order valence-corrected chi connectivity index (χ1v) is 11.0. The minimum absolute atomic E-state index is 0.134. The zero-order valence-electron chi connectivity index (χ0n) is 19.8. The number of hydrogen-bond donors (Lipinski definition) is 1. The Morgan fingerprint density at radius 3 is 2.56 bits per heavy atom. The number of rotatable bonds is 5. The van der Waals surface area contributed by atoms with E-state index >= 15 is 0 Å². The molecule has 0 saturated carbocycles. The Bertz CT molecular complexity index is 1250. The molecule has 0 radical (unpaired) electrons. The number of carbonyl (C=O) groups is 1. The summed E-state index contributed by atoms with van der Waals surface area (Å²) in [6.45, 7) is 3.11. The van der Waals surface area contributed by atoms with E-state index in [1.165, 1.54) is 4.90 Å². The standard InChI is InChI=1S/C23H24F3N7O3/c1-13-12-35-9-8-33(13)21-29-19(16-11-28-18(27)10-17(16)23(24,25)26)30-22(31-21)36-15-6-4-14(5-7-15)20(34)32(2)3/h4-7,10-11,13H,8-9,12H2,1-3H3,(H2,27,28)/t13-/m0/s1. The molecule has 2 N–H and O–H groups in total. The molecule has 1 atom stereocenters. The van der Waals surface area contributed by atoms with Gasteiger partial charge in [-0.3, -0.25) is 4.79 Å². The molecule has 1 aromatic carbocycles. The van der Waals surface area contributed by atoms with Crippen LogP contribution >= 0.6 is 0 Å². The Hall–Kier alpha value is -4.00. The third kappa shape index (κ3) is 5.46. The number of benzene rings is 1. The zero-order valence-corrected chi connectivity index (χ0v) is 19.8. The average Bonchev–Trinajstić information content (AvgIpc) is 2.83. The number of morpholine rings is 1. The highest BCUT2D eigenvalue weighted by atomic mass is 19.4. The molecular formula is C23H24F3N7O3. The first kappa shape index (κ1) is 25.1. The summed E-state index contributed by atoms with van der Waals surface area (Å²) in [6, 6.07) is 6.60. The summed E-state index contributed by atoms with van der Waals surface area (Å²) in [5.41, 5.74) is 4.56. The summed E-state index contributed by atoms with van der Waals surface area (Å²) >= 11 is 0. The van der Waals surface area contributed by atoms with Gasteiger partial charge in [0.25, 0.3) is 5.91 Å². The van der Waals surface area contributed by atoms with Gasteiger partial charge in [0.2, 0.25) is 5.95 Å². The quantitative estimate of drug-likeness (QED) is 0.559. The van der Waals surface area contributed by atoms with Crippen molar-refractivity contribution >= 4 is 17.7 Å². The van der Waals surface area contributed by atoms with Gasteiger partial charge in [-0.15, -0.1) is 0 Å². The number of aromatic nitrogens is 4. The van der Waals surface area contributed by atoms with Gasteiger partial charge in [-0.1, -0.05) is 0 Å². The fourth-order valence-electron chi connectivity index (χ4n) is 3.58. The summed E-state index contributed by atoms with van der Waals surface area (Å²) in [7, 11) is 3.27. The number of alkyl halides is 3. The molecule has 1 aliphatic heterocycles. The molecule has 0 aliphatic carbocycles. The summed E-state index contributed by atoms with van der Waals surface area (Å²) in [5.74, 6) is -0.327. The van der Waals surface area contributed by atoms with Crippen LogP contribution in [0.25, 0.3) is 11.4 Å². The molecule has 1 fully saturated rings. The summed E-state index contributed by atoms with van der Waals surface area (Å²) in [6.07, 6.45) is -3.74. The molecule has 36 heavy (non-hydrogen) atoms. The predicted octanol–water partition coefficient (Wildman–Crippen LogP) is 3.25. The smallest absolute Gasteiger partial charge is 0.417 e. The first-order valence-electron chi connectivity index (χ1n) is 11.0. The van der Waals surface area contributed by atoms with Crippen LogP contribution in [0.5, 0.6) is 11.8 Å². The van der Waals surface area contributed by atoms with Crippen LogP contribution in [0.15, 0.2) is 36.5 Å². The zero-order chi connectivity index (χ0) is 26.0. The molecule has 0 bridgehead atoms. The van der Waals surface area contributed by atoms with Gasteiger partial charge in [0.1, 0.15) is 11.6 Å². The van der Waals surface area contributed by atoms with E-state index < -0.39 is 11.7 Å². The van der Waals surface area contributed by atoms with Crippen LogP contribution in [0, 0.1) is 0 Å². The Morgan fingerprint density at radius 1 is 1.19 bits per heavy atom. The highest BCUT2D eigenvalue weighted by Gasteiger charge is 2.36. The fourth-order valence-corrected chi connectivity index (χ4v) is 3.58. The highest BCUT2D eigenvalue weighted by Crippen LogP contribution is 2.37. The lowest BCUT2D eigenvalue weighted by Crippen LogP contribution is -2.44. The van der Waals surface area contributed by atoms with Crippen molar-refractivity contribution in [1.29, 1.82) is 0 Å². The van der Waals surface area contributed by atoms with E-state index in [1.54, 1.807) is 43.3 Å². The van der Waals surface area contributed by atoms with Gasteiger partial charge < -0.3 is 25.0 Å². The highest BCUT2D eigenvalue weighted by molar-refractivity contribution is 5.93. The van der Waals surface area contributed by atoms with E-state index in [0.29, 0.717) is 25.3 Å². The molecule has 0 unspecified atom stereocenters. The minimum Gasteiger partial charge on any atom is -0.424 e. The molecule has 3 aromatic rings. The monoisotopic (exact) mass is 503 g/mol. The minimum atomic E-state index is -4.72. The van der Waals surface area contributed by atoms with Crippen molar-refractivity contribution in [2.24, 2.45) is 0 Å². The Balaban J connectivity index is 1.77. The largest absolute Gasteiger partial charge is 0.424 e. The third-order valence-electron chi connectivity index (χ3n) is 5.42. The number of halogens is 3. The number of anilines is 2. The molecular weight excluding hydrogens is 479 g/mol. The van der Waals surface area contributed by atoms with E-state index in [4.69, 9.17) is 15.2 Å². The fraction of sp³-hybridized carbons (Fsp3) is 0.348. The van der Waals surface area contributed by atoms with Gasteiger partial charge in [0.15, 0.2) is 5.82 Å². The van der Waals surface area contributed by atoms with E-state index in [9.17, 15) is 18.0 Å². The van der Waals surface area contributed by atoms with Crippen molar-refractivity contribution in [1.82, 2.24) is 24.8 Å². The van der Waals surface area contributed by atoms with Gasteiger partial charge in [0.05, 0.1) is 30.4 Å².